The Morgan fingerprint density at radius 2 is 2.23 bits per heavy atom. The number of carbonyl (C=O) groups is 1. The van der Waals surface area contributed by atoms with Gasteiger partial charge in [0.05, 0.1) is 5.69 Å². The lowest BCUT2D eigenvalue weighted by atomic mass is 10.3. The molecule has 1 heterocycles. The molecule has 0 unspecified atom stereocenters. The molecular weight excluding hydrogens is 168 g/mol. The molecule has 1 aromatic rings. The molecule has 0 aliphatic rings. The van der Waals surface area contributed by atoms with E-state index in [1.807, 2.05) is 13.8 Å². The normalized spacial score (nSPS) is 10.1. The van der Waals surface area contributed by atoms with E-state index in [2.05, 4.69) is 10.3 Å². The van der Waals surface area contributed by atoms with E-state index in [-0.39, 0.29) is 5.91 Å². The van der Waals surface area contributed by atoms with Gasteiger partial charge < -0.3 is 9.73 Å². The highest BCUT2D eigenvalue weighted by molar-refractivity contribution is 5.92. The fourth-order valence-electron chi connectivity index (χ4n) is 1.06. The minimum absolute atomic E-state index is 0.188. The lowest BCUT2D eigenvalue weighted by molar-refractivity contribution is 0.0925. The van der Waals surface area contributed by atoms with Gasteiger partial charge in [-0.15, -0.1) is 0 Å². The number of oxazole rings is 1. The summed E-state index contributed by atoms with van der Waals surface area (Å²) in [5, 5.41) is 2.67. The van der Waals surface area contributed by atoms with Gasteiger partial charge in [0.25, 0.3) is 5.91 Å². The van der Waals surface area contributed by atoms with Crippen LogP contribution in [0.25, 0.3) is 0 Å². The summed E-state index contributed by atoms with van der Waals surface area (Å²) in [5.41, 5.74) is 0.655. The minimum atomic E-state index is -0.188. The maximum Gasteiger partial charge on any atom is 0.288 e. The van der Waals surface area contributed by atoms with Crippen LogP contribution >= 0.6 is 0 Å². The van der Waals surface area contributed by atoms with E-state index in [1.54, 1.807) is 6.92 Å². The van der Waals surface area contributed by atoms with Gasteiger partial charge in [-0.1, -0.05) is 6.92 Å². The van der Waals surface area contributed by atoms with Gasteiger partial charge in [-0.2, -0.15) is 0 Å². The summed E-state index contributed by atoms with van der Waals surface area (Å²) in [5.74, 6) is 0.754. The lowest BCUT2D eigenvalue weighted by Gasteiger charge is -1.97. The zero-order chi connectivity index (χ0) is 9.84. The number of nitrogens with zero attached hydrogens (tertiary/aromatic N) is 1. The van der Waals surface area contributed by atoms with Gasteiger partial charge in [-0.05, 0) is 13.8 Å². The Morgan fingerprint density at radius 1 is 1.54 bits per heavy atom. The standard InChI is InChI=1S/C9H14N2O2/c1-4-7-11-6(3)8(13-7)9(12)10-5-2/h4-5H2,1-3H3,(H,10,12). The number of hydrogen-bond acceptors (Lipinski definition) is 3. The Hall–Kier alpha value is -1.32. The van der Waals surface area contributed by atoms with Crippen molar-refractivity contribution in [1.29, 1.82) is 0 Å². The first kappa shape index (κ1) is 9.77. The van der Waals surface area contributed by atoms with Crippen LogP contribution in [-0.2, 0) is 6.42 Å². The Bertz CT molecular complexity index is 305. The summed E-state index contributed by atoms with van der Waals surface area (Å²) in [6, 6.07) is 0. The molecule has 0 saturated carbocycles. The minimum Gasteiger partial charge on any atom is -0.435 e. The smallest absolute Gasteiger partial charge is 0.288 e. The quantitative estimate of drug-likeness (QED) is 0.766. The first-order chi connectivity index (χ1) is 6.19. The van der Waals surface area contributed by atoms with E-state index in [1.165, 1.54) is 0 Å². The van der Waals surface area contributed by atoms with Gasteiger partial charge in [-0.25, -0.2) is 4.98 Å². The summed E-state index contributed by atoms with van der Waals surface area (Å²) in [7, 11) is 0. The Labute approximate surface area is 77.3 Å². The summed E-state index contributed by atoms with van der Waals surface area (Å²) in [6.07, 6.45) is 0.709. The average molecular weight is 182 g/mol. The molecule has 0 spiro atoms. The van der Waals surface area contributed by atoms with Gasteiger partial charge in [0.1, 0.15) is 0 Å². The largest absolute Gasteiger partial charge is 0.435 e. The molecule has 0 fully saturated rings. The molecule has 1 amide bonds. The molecule has 0 saturated heterocycles. The fourth-order valence-corrected chi connectivity index (χ4v) is 1.06. The fraction of sp³-hybridized carbons (Fsp3) is 0.556. The van der Waals surface area contributed by atoms with E-state index in [4.69, 9.17) is 4.42 Å². The highest BCUT2D eigenvalue weighted by Gasteiger charge is 2.15. The molecule has 0 radical (unpaired) electrons. The zero-order valence-electron chi connectivity index (χ0n) is 8.18. The van der Waals surface area contributed by atoms with Crippen LogP contribution in [0.3, 0.4) is 0 Å². The van der Waals surface area contributed by atoms with E-state index in [0.29, 0.717) is 30.3 Å². The molecule has 0 atom stereocenters. The SMILES string of the molecule is CCNC(=O)c1oc(CC)nc1C. The monoisotopic (exact) mass is 182 g/mol. The maximum atomic E-state index is 11.3. The van der Waals surface area contributed by atoms with Crippen LogP contribution in [0.5, 0.6) is 0 Å². The van der Waals surface area contributed by atoms with E-state index >= 15 is 0 Å². The summed E-state index contributed by atoms with van der Waals surface area (Å²) in [6.45, 7) is 6.17. The van der Waals surface area contributed by atoms with Gasteiger partial charge >= 0.3 is 0 Å². The van der Waals surface area contributed by atoms with Gasteiger partial charge in [0.15, 0.2) is 5.89 Å². The first-order valence-electron chi connectivity index (χ1n) is 4.43. The van der Waals surface area contributed by atoms with Crippen molar-refractivity contribution in [3.63, 3.8) is 0 Å². The number of amides is 1. The highest BCUT2D eigenvalue weighted by atomic mass is 16.4. The van der Waals surface area contributed by atoms with Crippen LogP contribution in [0.15, 0.2) is 4.42 Å². The average Bonchev–Trinajstić information content (AvgIpc) is 2.47. The molecule has 4 heteroatoms. The molecule has 13 heavy (non-hydrogen) atoms. The molecule has 1 N–H and O–H groups in total. The van der Waals surface area contributed by atoms with Crippen LogP contribution in [-0.4, -0.2) is 17.4 Å². The lowest BCUT2D eigenvalue weighted by Crippen LogP contribution is -2.22. The van der Waals surface area contributed by atoms with E-state index in [9.17, 15) is 4.79 Å². The summed E-state index contributed by atoms with van der Waals surface area (Å²) < 4.78 is 5.25. The van der Waals surface area contributed by atoms with Gasteiger partial charge in [-0.3, -0.25) is 4.79 Å². The molecule has 0 aliphatic carbocycles. The van der Waals surface area contributed by atoms with Gasteiger partial charge in [0, 0.05) is 13.0 Å². The molecule has 0 bridgehead atoms. The van der Waals surface area contributed by atoms with Crippen molar-refractivity contribution in [3.05, 3.63) is 17.3 Å². The molecule has 72 valence electrons. The van der Waals surface area contributed by atoms with Crippen LogP contribution < -0.4 is 5.32 Å². The topological polar surface area (TPSA) is 55.1 Å². The summed E-state index contributed by atoms with van der Waals surface area (Å²) in [4.78, 5) is 15.5. The predicted octanol–water partition coefficient (Wildman–Crippen LogP) is 1.30. The number of aryl methyl sites for hydroxylation is 2. The third-order valence-corrected chi connectivity index (χ3v) is 1.69. The Kier molecular flexibility index (Phi) is 3.06. The number of carbonyl (C=O) groups excluding carboxylic acids is 1. The van der Waals surface area contributed by atoms with Crippen LogP contribution in [0.2, 0.25) is 0 Å². The van der Waals surface area contributed by atoms with Crippen molar-refractivity contribution in [1.82, 2.24) is 10.3 Å². The molecule has 0 aromatic carbocycles. The third kappa shape index (κ3) is 2.08. The van der Waals surface area contributed by atoms with Crippen molar-refractivity contribution in [2.24, 2.45) is 0 Å². The molecule has 1 rings (SSSR count). The Morgan fingerprint density at radius 3 is 2.69 bits per heavy atom. The molecule has 0 aliphatic heterocycles. The van der Waals surface area contributed by atoms with Crippen molar-refractivity contribution < 1.29 is 9.21 Å². The summed E-state index contributed by atoms with van der Waals surface area (Å²) >= 11 is 0. The van der Waals surface area contributed by atoms with Crippen molar-refractivity contribution >= 4 is 5.91 Å². The predicted molar refractivity (Wildman–Crippen MR) is 48.6 cm³/mol. The van der Waals surface area contributed by atoms with Crippen molar-refractivity contribution in [2.75, 3.05) is 6.54 Å². The second-order valence-electron chi connectivity index (χ2n) is 2.74. The van der Waals surface area contributed by atoms with Gasteiger partial charge in [0.2, 0.25) is 5.76 Å². The van der Waals surface area contributed by atoms with E-state index < -0.39 is 0 Å². The van der Waals surface area contributed by atoms with E-state index in [0.717, 1.165) is 0 Å². The number of aromatic nitrogens is 1. The highest BCUT2D eigenvalue weighted by Crippen LogP contribution is 2.10. The molecule has 4 nitrogen and oxygen atoms in total. The second kappa shape index (κ2) is 4.07. The number of rotatable bonds is 3. The van der Waals surface area contributed by atoms with Crippen LogP contribution in [0.1, 0.15) is 36.0 Å². The van der Waals surface area contributed by atoms with Crippen molar-refractivity contribution in [2.45, 2.75) is 27.2 Å². The Balaban J connectivity index is 2.87. The molecule has 1 aromatic heterocycles. The first-order valence-corrected chi connectivity index (χ1v) is 4.43. The zero-order valence-corrected chi connectivity index (χ0v) is 8.18. The number of hydrogen-bond donors (Lipinski definition) is 1. The third-order valence-electron chi connectivity index (χ3n) is 1.69. The number of nitrogens with one attached hydrogen (secondary N) is 1. The van der Waals surface area contributed by atoms with Crippen LogP contribution in [0, 0.1) is 6.92 Å². The molecular formula is C9H14N2O2. The second-order valence-corrected chi connectivity index (χ2v) is 2.74. The maximum absolute atomic E-state index is 11.3. The van der Waals surface area contributed by atoms with Crippen LogP contribution in [0.4, 0.5) is 0 Å². The van der Waals surface area contributed by atoms with Crippen molar-refractivity contribution in [3.8, 4) is 0 Å².